The molecule has 2 aliphatic heterocycles. The van der Waals surface area contributed by atoms with Crippen LogP contribution in [0.15, 0.2) is 24.3 Å². The zero-order chi connectivity index (χ0) is 16.9. The number of rotatable bonds is 5. The first-order chi connectivity index (χ1) is 11.6. The van der Waals surface area contributed by atoms with Crippen LogP contribution in [0.1, 0.15) is 37.7 Å². The third kappa shape index (κ3) is 4.35. The van der Waals surface area contributed by atoms with Gasteiger partial charge in [-0.1, -0.05) is 24.1 Å². The van der Waals surface area contributed by atoms with Crippen LogP contribution >= 0.6 is 0 Å². The molecule has 5 nitrogen and oxygen atoms in total. The standard InChI is InChI=1S/C19H27N3O2/c1-15-7-9-16(10-8-15)20-18(23)14-21-11-3-2-5-17(21)13-22-12-4-6-19(22)24/h7-10,17H,2-6,11-14H2,1H3,(H,20,23). The van der Waals surface area contributed by atoms with Crippen molar-refractivity contribution in [2.75, 3.05) is 31.5 Å². The number of benzene rings is 1. The number of carbonyl (C=O) groups is 2. The Bertz CT molecular complexity index is 585. The Balaban J connectivity index is 1.55. The minimum Gasteiger partial charge on any atom is -0.341 e. The van der Waals surface area contributed by atoms with Crippen LogP contribution in [0.2, 0.25) is 0 Å². The molecule has 2 amide bonds. The van der Waals surface area contributed by atoms with E-state index in [0.717, 1.165) is 44.6 Å². The number of amides is 2. The highest BCUT2D eigenvalue weighted by molar-refractivity contribution is 5.92. The summed E-state index contributed by atoms with van der Waals surface area (Å²) in [7, 11) is 0. The van der Waals surface area contributed by atoms with Crippen LogP contribution in [0, 0.1) is 6.92 Å². The van der Waals surface area contributed by atoms with Crippen LogP contribution in [-0.4, -0.2) is 53.8 Å². The second-order valence-corrected chi connectivity index (χ2v) is 6.98. The highest BCUT2D eigenvalue weighted by Crippen LogP contribution is 2.20. The first-order valence-electron chi connectivity index (χ1n) is 9.00. The van der Waals surface area contributed by atoms with E-state index in [-0.39, 0.29) is 11.8 Å². The summed E-state index contributed by atoms with van der Waals surface area (Å²) in [4.78, 5) is 28.5. The van der Waals surface area contributed by atoms with Gasteiger partial charge in [0.2, 0.25) is 11.8 Å². The van der Waals surface area contributed by atoms with Crippen molar-refractivity contribution in [3.63, 3.8) is 0 Å². The summed E-state index contributed by atoms with van der Waals surface area (Å²) in [6, 6.07) is 8.18. The molecule has 0 saturated carbocycles. The molecule has 2 aliphatic rings. The number of anilines is 1. The van der Waals surface area contributed by atoms with Crippen LogP contribution in [-0.2, 0) is 9.59 Å². The maximum Gasteiger partial charge on any atom is 0.238 e. The van der Waals surface area contributed by atoms with E-state index in [1.807, 2.05) is 36.1 Å². The van der Waals surface area contributed by atoms with Gasteiger partial charge in [-0.25, -0.2) is 0 Å². The Morgan fingerprint density at radius 3 is 2.67 bits per heavy atom. The fourth-order valence-corrected chi connectivity index (χ4v) is 3.65. The molecule has 2 heterocycles. The predicted octanol–water partition coefficient (Wildman–Crippen LogP) is 2.41. The van der Waals surface area contributed by atoms with Crippen molar-refractivity contribution in [3.05, 3.63) is 29.8 Å². The number of hydrogen-bond acceptors (Lipinski definition) is 3. The highest BCUT2D eigenvalue weighted by Gasteiger charge is 2.29. The predicted molar refractivity (Wildman–Crippen MR) is 94.8 cm³/mol. The largest absolute Gasteiger partial charge is 0.341 e. The first kappa shape index (κ1) is 17.0. The molecule has 2 saturated heterocycles. The van der Waals surface area contributed by atoms with E-state index in [1.165, 1.54) is 12.0 Å². The van der Waals surface area contributed by atoms with Crippen molar-refractivity contribution in [1.29, 1.82) is 0 Å². The molecule has 1 atom stereocenters. The number of likely N-dealkylation sites (tertiary alicyclic amines) is 2. The molecule has 0 bridgehead atoms. The Morgan fingerprint density at radius 2 is 1.96 bits per heavy atom. The summed E-state index contributed by atoms with van der Waals surface area (Å²) in [5, 5.41) is 2.98. The molecule has 1 aromatic rings. The second-order valence-electron chi connectivity index (χ2n) is 6.98. The maximum atomic E-state index is 12.4. The third-order valence-corrected chi connectivity index (χ3v) is 5.03. The Morgan fingerprint density at radius 1 is 1.17 bits per heavy atom. The number of nitrogens with zero attached hydrogens (tertiary/aromatic N) is 2. The lowest BCUT2D eigenvalue weighted by molar-refractivity contribution is -0.128. The van der Waals surface area contributed by atoms with Gasteiger partial charge in [-0.05, 0) is 44.9 Å². The monoisotopic (exact) mass is 329 g/mol. The SMILES string of the molecule is Cc1ccc(NC(=O)CN2CCCCC2CN2CCCC2=O)cc1. The van der Waals surface area contributed by atoms with E-state index < -0.39 is 0 Å². The maximum absolute atomic E-state index is 12.4. The fourth-order valence-electron chi connectivity index (χ4n) is 3.65. The van der Waals surface area contributed by atoms with E-state index in [1.54, 1.807) is 0 Å². The summed E-state index contributed by atoms with van der Waals surface area (Å²) in [6.45, 7) is 5.02. The average molecular weight is 329 g/mol. The minimum absolute atomic E-state index is 0.0264. The third-order valence-electron chi connectivity index (χ3n) is 5.03. The summed E-state index contributed by atoms with van der Waals surface area (Å²) in [5.41, 5.74) is 2.02. The lowest BCUT2D eigenvalue weighted by Gasteiger charge is -2.37. The molecule has 24 heavy (non-hydrogen) atoms. The molecule has 2 fully saturated rings. The topological polar surface area (TPSA) is 52.7 Å². The van der Waals surface area contributed by atoms with Crippen molar-refractivity contribution in [2.24, 2.45) is 0 Å². The Labute approximate surface area is 144 Å². The molecular formula is C19H27N3O2. The lowest BCUT2D eigenvalue weighted by atomic mass is 10.0. The minimum atomic E-state index is 0.0264. The van der Waals surface area contributed by atoms with Crippen molar-refractivity contribution in [1.82, 2.24) is 9.80 Å². The van der Waals surface area contributed by atoms with Crippen molar-refractivity contribution < 1.29 is 9.59 Å². The fraction of sp³-hybridized carbons (Fsp3) is 0.579. The van der Waals surface area contributed by atoms with Crippen LogP contribution < -0.4 is 5.32 Å². The normalized spacial score (nSPS) is 22.0. The van der Waals surface area contributed by atoms with Gasteiger partial charge < -0.3 is 10.2 Å². The number of carbonyl (C=O) groups excluding carboxylic acids is 2. The molecule has 1 N–H and O–H groups in total. The lowest BCUT2D eigenvalue weighted by Crippen LogP contribution is -2.49. The van der Waals surface area contributed by atoms with Crippen molar-refractivity contribution in [2.45, 2.75) is 45.1 Å². The van der Waals surface area contributed by atoms with Crippen LogP contribution in [0.3, 0.4) is 0 Å². The molecule has 0 radical (unpaired) electrons. The van der Waals surface area contributed by atoms with E-state index in [4.69, 9.17) is 0 Å². The molecule has 0 spiro atoms. The highest BCUT2D eigenvalue weighted by atomic mass is 16.2. The zero-order valence-electron chi connectivity index (χ0n) is 14.5. The summed E-state index contributed by atoms with van der Waals surface area (Å²) >= 11 is 0. The number of piperidine rings is 1. The van der Waals surface area contributed by atoms with Gasteiger partial charge in [0.15, 0.2) is 0 Å². The molecule has 130 valence electrons. The van der Waals surface area contributed by atoms with Gasteiger partial charge in [0.05, 0.1) is 6.54 Å². The molecule has 1 aromatic carbocycles. The molecule has 0 aromatic heterocycles. The van der Waals surface area contributed by atoms with E-state index in [0.29, 0.717) is 19.0 Å². The number of nitrogens with one attached hydrogen (secondary N) is 1. The van der Waals surface area contributed by atoms with Gasteiger partial charge in [0, 0.05) is 31.2 Å². The van der Waals surface area contributed by atoms with Crippen molar-refractivity contribution >= 4 is 17.5 Å². The van der Waals surface area contributed by atoms with Gasteiger partial charge in [0.25, 0.3) is 0 Å². The Hall–Kier alpha value is -1.88. The van der Waals surface area contributed by atoms with Gasteiger partial charge in [0.1, 0.15) is 0 Å². The van der Waals surface area contributed by atoms with E-state index in [2.05, 4.69) is 10.2 Å². The van der Waals surface area contributed by atoms with Crippen molar-refractivity contribution in [3.8, 4) is 0 Å². The number of hydrogen-bond donors (Lipinski definition) is 1. The summed E-state index contributed by atoms with van der Waals surface area (Å²) in [5.74, 6) is 0.295. The van der Waals surface area contributed by atoms with Gasteiger partial charge in [-0.3, -0.25) is 14.5 Å². The smallest absolute Gasteiger partial charge is 0.238 e. The molecular weight excluding hydrogens is 302 g/mol. The molecule has 1 unspecified atom stereocenters. The van der Waals surface area contributed by atoms with Crippen LogP contribution in [0.25, 0.3) is 0 Å². The van der Waals surface area contributed by atoms with Gasteiger partial charge >= 0.3 is 0 Å². The van der Waals surface area contributed by atoms with E-state index in [9.17, 15) is 9.59 Å². The second kappa shape index (κ2) is 7.79. The Kier molecular flexibility index (Phi) is 5.51. The molecule has 0 aliphatic carbocycles. The van der Waals surface area contributed by atoms with Crippen LogP contribution in [0.5, 0.6) is 0 Å². The van der Waals surface area contributed by atoms with Crippen LogP contribution in [0.4, 0.5) is 5.69 Å². The van der Waals surface area contributed by atoms with Gasteiger partial charge in [-0.2, -0.15) is 0 Å². The van der Waals surface area contributed by atoms with Gasteiger partial charge in [-0.15, -0.1) is 0 Å². The average Bonchev–Trinajstić information content (AvgIpc) is 2.96. The first-order valence-corrected chi connectivity index (χ1v) is 9.00. The number of aryl methyl sites for hydroxylation is 1. The zero-order valence-corrected chi connectivity index (χ0v) is 14.5. The van der Waals surface area contributed by atoms with E-state index >= 15 is 0 Å². The quantitative estimate of drug-likeness (QED) is 0.902. The summed E-state index contributed by atoms with van der Waals surface area (Å²) in [6.07, 6.45) is 5.03. The summed E-state index contributed by atoms with van der Waals surface area (Å²) < 4.78 is 0. The molecule has 5 heteroatoms. The molecule has 3 rings (SSSR count).